The first-order valence-electron chi connectivity index (χ1n) is 4.49. The maximum Gasteiger partial charge on any atom is 0.355 e. The molecule has 0 radical (unpaired) electrons. The molecule has 0 bridgehead atoms. The average molecular weight is 278 g/mol. The molecule has 0 amide bonds. The summed E-state index contributed by atoms with van der Waals surface area (Å²) < 4.78 is 0.650. The number of hydrogen-bond acceptors (Lipinski definition) is 3. The Bertz CT molecular complexity index is 334. The van der Waals surface area contributed by atoms with E-state index in [1.807, 2.05) is 0 Å². The number of thiazole rings is 1. The minimum atomic E-state index is -0.936. The lowest BCUT2D eigenvalue weighted by Crippen LogP contribution is -2.04. The van der Waals surface area contributed by atoms with Crippen LogP contribution in [0.2, 0.25) is 0 Å². The van der Waals surface area contributed by atoms with Crippen LogP contribution in [0.4, 0.5) is 0 Å². The number of aromatic nitrogens is 1. The molecule has 0 fully saturated rings. The van der Waals surface area contributed by atoms with Gasteiger partial charge in [0.05, 0.1) is 0 Å². The Balaban J connectivity index is 3.11. The fraction of sp³-hybridized carbons (Fsp3) is 0.556. The molecule has 0 aliphatic heterocycles. The van der Waals surface area contributed by atoms with E-state index in [9.17, 15) is 4.79 Å². The summed E-state index contributed by atoms with van der Waals surface area (Å²) in [5.41, 5.74) is 0.204. The highest BCUT2D eigenvalue weighted by Gasteiger charge is 2.21. The molecular weight excluding hydrogens is 266 g/mol. The zero-order valence-corrected chi connectivity index (χ0v) is 10.5. The first kappa shape index (κ1) is 11.7. The standard InChI is InChI=1S/C9H12BrNO2S/c1-3-5(4-2)7-6(8(12)13)11-9(10)14-7/h5H,3-4H2,1-2H3,(H,12,13). The Kier molecular flexibility index (Phi) is 4.07. The molecule has 1 heterocycles. The molecule has 0 aliphatic rings. The van der Waals surface area contributed by atoms with E-state index in [1.54, 1.807) is 0 Å². The SMILES string of the molecule is CCC(CC)c1sc(Br)nc1C(=O)O. The molecule has 0 unspecified atom stereocenters. The van der Waals surface area contributed by atoms with Gasteiger partial charge in [0.1, 0.15) is 0 Å². The second kappa shape index (κ2) is 4.89. The van der Waals surface area contributed by atoms with Crippen LogP contribution in [0.25, 0.3) is 0 Å². The van der Waals surface area contributed by atoms with Gasteiger partial charge in [-0.15, -0.1) is 11.3 Å². The van der Waals surface area contributed by atoms with Crippen molar-refractivity contribution in [3.63, 3.8) is 0 Å². The average Bonchev–Trinajstić information content (AvgIpc) is 2.50. The lowest BCUT2D eigenvalue weighted by molar-refractivity contribution is 0.0689. The lowest BCUT2D eigenvalue weighted by Gasteiger charge is -2.09. The quantitative estimate of drug-likeness (QED) is 0.916. The zero-order chi connectivity index (χ0) is 10.7. The Morgan fingerprint density at radius 1 is 1.57 bits per heavy atom. The van der Waals surface area contributed by atoms with Crippen LogP contribution in [0.1, 0.15) is 48.0 Å². The van der Waals surface area contributed by atoms with Crippen LogP contribution in [-0.4, -0.2) is 16.1 Å². The van der Waals surface area contributed by atoms with Crippen molar-refractivity contribution in [2.75, 3.05) is 0 Å². The Morgan fingerprint density at radius 3 is 2.57 bits per heavy atom. The molecule has 0 spiro atoms. The van der Waals surface area contributed by atoms with Crippen LogP contribution in [-0.2, 0) is 0 Å². The van der Waals surface area contributed by atoms with Gasteiger partial charge >= 0.3 is 5.97 Å². The molecule has 1 rings (SSSR count). The van der Waals surface area contributed by atoms with Crippen molar-refractivity contribution in [1.29, 1.82) is 0 Å². The smallest absolute Gasteiger partial charge is 0.355 e. The van der Waals surface area contributed by atoms with Crippen molar-refractivity contribution >= 4 is 33.2 Å². The van der Waals surface area contributed by atoms with E-state index in [-0.39, 0.29) is 5.69 Å². The van der Waals surface area contributed by atoms with Crippen molar-refractivity contribution in [3.8, 4) is 0 Å². The van der Waals surface area contributed by atoms with Crippen LogP contribution in [0.5, 0.6) is 0 Å². The van der Waals surface area contributed by atoms with Gasteiger partial charge in [-0.2, -0.15) is 0 Å². The van der Waals surface area contributed by atoms with Crippen LogP contribution in [0.15, 0.2) is 3.92 Å². The molecule has 0 aromatic carbocycles. The maximum atomic E-state index is 10.9. The molecule has 1 aromatic rings. The largest absolute Gasteiger partial charge is 0.476 e. The highest BCUT2D eigenvalue weighted by atomic mass is 79.9. The number of nitrogens with zero attached hydrogens (tertiary/aromatic N) is 1. The highest BCUT2D eigenvalue weighted by molar-refractivity contribution is 9.11. The minimum Gasteiger partial charge on any atom is -0.476 e. The lowest BCUT2D eigenvalue weighted by atomic mass is 10.0. The first-order valence-corrected chi connectivity index (χ1v) is 6.10. The van der Waals surface area contributed by atoms with Crippen LogP contribution in [0.3, 0.4) is 0 Å². The summed E-state index contributed by atoms with van der Waals surface area (Å²) >= 11 is 4.65. The monoisotopic (exact) mass is 277 g/mol. The summed E-state index contributed by atoms with van der Waals surface area (Å²) in [5, 5.41) is 8.94. The number of rotatable bonds is 4. The van der Waals surface area contributed by atoms with Gasteiger partial charge in [-0.25, -0.2) is 9.78 Å². The number of carbonyl (C=O) groups is 1. The molecule has 78 valence electrons. The molecule has 0 aliphatic carbocycles. The van der Waals surface area contributed by atoms with Crippen molar-refractivity contribution in [2.24, 2.45) is 0 Å². The highest BCUT2D eigenvalue weighted by Crippen LogP contribution is 2.33. The predicted octanol–water partition coefficient (Wildman–Crippen LogP) is 3.51. The molecular formula is C9H12BrNO2S. The number of aromatic carboxylic acids is 1. The van der Waals surface area contributed by atoms with E-state index in [1.165, 1.54) is 11.3 Å². The molecule has 3 nitrogen and oxygen atoms in total. The van der Waals surface area contributed by atoms with Crippen molar-refractivity contribution < 1.29 is 9.90 Å². The normalized spacial score (nSPS) is 10.9. The Labute approximate surface area is 95.3 Å². The molecule has 0 atom stereocenters. The fourth-order valence-corrected chi connectivity index (χ4v) is 3.14. The topological polar surface area (TPSA) is 50.2 Å². The maximum absolute atomic E-state index is 10.9. The molecule has 1 N–H and O–H groups in total. The number of halogens is 1. The Morgan fingerprint density at radius 2 is 2.14 bits per heavy atom. The summed E-state index contributed by atoms with van der Waals surface area (Å²) in [5.74, 6) is -0.626. The van der Waals surface area contributed by atoms with E-state index in [0.29, 0.717) is 9.83 Å². The van der Waals surface area contributed by atoms with Gasteiger partial charge in [0.15, 0.2) is 9.61 Å². The number of carboxylic acids is 1. The van der Waals surface area contributed by atoms with E-state index >= 15 is 0 Å². The van der Waals surface area contributed by atoms with Gasteiger partial charge in [0, 0.05) is 4.88 Å². The second-order valence-corrected chi connectivity index (χ2v) is 5.30. The number of hydrogen-bond donors (Lipinski definition) is 1. The summed E-state index contributed by atoms with van der Waals surface area (Å²) in [4.78, 5) is 15.7. The van der Waals surface area contributed by atoms with E-state index in [0.717, 1.165) is 17.7 Å². The van der Waals surface area contributed by atoms with E-state index in [2.05, 4.69) is 34.8 Å². The fourth-order valence-electron chi connectivity index (χ4n) is 1.39. The molecule has 14 heavy (non-hydrogen) atoms. The third-order valence-electron chi connectivity index (χ3n) is 2.19. The second-order valence-electron chi connectivity index (χ2n) is 3.00. The third kappa shape index (κ3) is 2.33. The van der Waals surface area contributed by atoms with E-state index < -0.39 is 5.97 Å². The summed E-state index contributed by atoms with van der Waals surface area (Å²) in [6, 6.07) is 0. The molecule has 0 saturated carbocycles. The summed E-state index contributed by atoms with van der Waals surface area (Å²) in [6.07, 6.45) is 1.90. The van der Waals surface area contributed by atoms with E-state index in [4.69, 9.17) is 5.11 Å². The van der Waals surface area contributed by atoms with Crippen molar-refractivity contribution in [2.45, 2.75) is 32.6 Å². The van der Waals surface area contributed by atoms with Crippen molar-refractivity contribution in [3.05, 3.63) is 14.5 Å². The summed E-state index contributed by atoms with van der Waals surface area (Å²) in [7, 11) is 0. The van der Waals surface area contributed by atoms with Gasteiger partial charge in [0.2, 0.25) is 0 Å². The predicted molar refractivity (Wildman–Crippen MR) is 60.1 cm³/mol. The van der Waals surface area contributed by atoms with Gasteiger partial charge in [-0.05, 0) is 34.7 Å². The van der Waals surface area contributed by atoms with Crippen LogP contribution >= 0.6 is 27.3 Å². The molecule has 0 saturated heterocycles. The Hall–Kier alpha value is -0.420. The van der Waals surface area contributed by atoms with Gasteiger partial charge in [-0.1, -0.05) is 13.8 Å². The van der Waals surface area contributed by atoms with Crippen LogP contribution < -0.4 is 0 Å². The van der Waals surface area contributed by atoms with Gasteiger partial charge in [-0.3, -0.25) is 0 Å². The molecule has 5 heteroatoms. The zero-order valence-electron chi connectivity index (χ0n) is 8.08. The van der Waals surface area contributed by atoms with Crippen LogP contribution in [0, 0.1) is 0 Å². The van der Waals surface area contributed by atoms with Gasteiger partial charge in [0.25, 0.3) is 0 Å². The molecule has 1 aromatic heterocycles. The summed E-state index contributed by atoms with van der Waals surface area (Å²) in [6.45, 7) is 4.13. The minimum absolute atomic E-state index is 0.204. The number of carboxylic acid groups (broad SMARTS) is 1. The van der Waals surface area contributed by atoms with Crippen molar-refractivity contribution in [1.82, 2.24) is 4.98 Å². The van der Waals surface area contributed by atoms with Gasteiger partial charge < -0.3 is 5.11 Å². The third-order valence-corrected chi connectivity index (χ3v) is 3.86. The first-order chi connectivity index (χ1) is 6.60.